The Balaban J connectivity index is 2.08. The van der Waals surface area contributed by atoms with Crippen LogP contribution in [-0.4, -0.2) is 51.2 Å². The van der Waals surface area contributed by atoms with Crippen LogP contribution in [0.2, 0.25) is 0 Å². The van der Waals surface area contributed by atoms with Crippen LogP contribution in [-0.2, 0) is 0 Å². The summed E-state index contributed by atoms with van der Waals surface area (Å²) in [5, 5.41) is 3.92. The summed E-state index contributed by atoms with van der Waals surface area (Å²) in [6.45, 7) is 3.18. The molecule has 100 valence electrons. The lowest BCUT2D eigenvalue weighted by atomic mass is 10.3. The van der Waals surface area contributed by atoms with Gasteiger partial charge in [0.15, 0.2) is 0 Å². The predicted octanol–water partition coefficient (Wildman–Crippen LogP) is 1.66. The number of hydrogen-bond donors (Lipinski definition) is 1. The molecule has 1 aromatic rings. The van der Waals surface area contributed by atoms with Crippen molar-refractivity contribution >= 4 is 11.8 Å². The first-order chi connectivity index (χ1) is 8.72. The number of hydrogen-bond acceptors (Lipinski definition) is 5. The Morgan fingerprint density at radius 3 is 2.83 bits per heavy atom. The highest BCUT2D eigenvalue weighted by Gasteiger charge is 2.19. The number of thioether (sulfide) groups is 1. The van der Waals surface area contributed by atoms with E-state index in [2.05, 4.69) is 23.3 Å². The van der Waals surface area contributed by atoms with Crippen LogP contribution in [0.25, 0.3) is 0 Å². The molecule has 2 rings (SSSR count). The zero-order valence-electron chi connectivity index (χ0n) is 11.1. The predicted molar refractivity (Wildman–Crippen MR) is 74.7 cm³/mol. The number of nitrogens with zero attached hydrogens (tertiary/aromatic N) is 1. The number of nitrogens with one attached hydrogen (secondary N) is 1. The standard InChI is InChI=1S/C13H20N2O2S/c1-15-7-6-14-13(9-15)18-12-5-4-10(16-2)8-11(12)17-3/h4-5,8,13-14H,6-7,9H2,1-3H3. The van der Waals surface area contributed by atoms with E-state index in [1.807, 2.05) is 12.1 Å². The van der Waals surface area contributed by atoms with E-state index in [4.69, 9.17) is 9.47 Å². The lowest BCUT2D eigenvalue weighted by Crippen LogP contribution is -2.47. The number of benzene rings is 1. The average molecular weight is 268 g/mol. The van der Waals surface area contributed by atoms with Gasteiger partial charge < -0.3 is 19.7 Å². The number of rotatable bonds is 4. The quantitative estimate of drug-likeness (QED) is 0.898. The number of methoxy groups -OCH3 is 2. The maximum Gasteiger partial charge on any atom is 0.136 e. The summed E-state index contributed by atoms with van der Waals surface area (Å²) < 4.78 is 10.6. The maximum atomic E-state index is 5.41. The molecule has 0 aliphatic carbocycles. The molecular weight excluding hydrogens is 248 g/mol. The van der Waals surface area contributed by atoms with E-state index in [0.29, 0.717) is 5.37 Å². The molecule has 1 aliphatic heterocycles. The largest absolute Gasteiger partial charge is 0.497 e. The molecule has 1 atom stereocenters. The molecule has 1 aromatic carbocycles. The molecule has 0 aromatic heterocycles. The van der Waals surface area contributed by atoms with Gasteiger partial charge in [-0.05, 0) is 19.2 Å². The van der Waals surface area contributed by atoms with Crippen LogP contribution in [0.1, 0.15) is 0 Å². The van der Waals surface area contributed by atoms with E-state index >= 15 is 0 Å². The summed E-state index contributed by atoms with van der Waals surface area (Å²) in [7, 11) is 5.51. The van der Waals surface area contributed by atoms with Gasteiger partial charge in [0.05, 0.1) is 24.5 Å². The number of likely N-dealkylation sites (N-methyl/N-ethyl adjacent to an activating group) is 1. The van der Waals surface area contributed by atoms with Gasteiger partial charge in [-0.25, -0.2) is 0 Å². The van der Waals surface area contributed by atoms with Gasteiger partial charge in [0.1, 0.15) is 11.5 Å². The second-order valence-electron chi connectivity index (χ2n) is 4.34. The van der Waals surface area contributed by atoms with Crippen molar-refractivity contribution in [3.63, 3.8) is 0 Å². The van der Waals surface area contributed by atoms with Gasteiger partial charge in [-0.1, -0.05) is 0 Å². The molecule has 5 heteroatoms. The molecular formula is C13H20N2O2S. The second kappa shape index (κ2) is 6.31. The Labute approximate surface area is 113 Å². The number of ether oxygens (including phenoxy) is 2. The number of piperazine rings is 1. The highest BCUT2D eigenvalue weighted by molar-refractivity contribution is 8.00. The van der Waals surface area contributed by atoms with Crippen molar-refractivity contribution in [3.05, 3.63) is 18.2 Å². The molecule has 1 aliphatic rings. The first kappa shape index (κ1) is 13.5. The van der Waals surface area contributed by atoms with Crippen LogP contribution in [0.4, 0.5) is 0 Å². The fraction of sp³-hybridized carbons (Fsp3) is 0.538. The summed E-state index contributed by atoms with van der Waals surface area (Å²) >= 11 is 1.81. The summed E-state index contributed by atoms with van der Waals surface area (Å²) in [6.07, 6.45) is 0. The van der Waals surface area contributed by atoms with Crippen molar-refractivity contribution in [2.75, 3.05) is 40.9 Å². The maximum absolute atomic E-state index is 5.41. The van der Waals surface area contributed by atoms with Crippen molar-refractivity contribution in [1.82, 2.24) is 10.2 Å². The molecule has 0 saturated carbocycles. The molecule has 0 radical (unpaired) electrons. The Kier molecular flexibility index (Phi) is 4.74. The van der Waals surface area contributed by atoms with Crippen LogP contribution in [0.3, 0.4) is 0 Å². The molecule has 1 fully saturated rings. The summed E-state index contributed by atoms with van der Waals surface area (Å²) in [6, 6.07) is 5.95. The van der Waals surface area contributed by atoms with E-state index < -0.39 is 0 Å². The van der Waals surface area contributed by atoms with Gasteiger partial charge in [0.25, 0.3) is 0 Å². The minimum atomic E-state index is 0.408. The van der Waals surface area contributed by atoms with E-state index in [-0.39, 0.29) is 0 Å². The highest BCUT2D eigenvalue weighted by atomic mass is 32.2. The van der Waals surface area contributed by atoms with Gasteiger partial charge in [-0.2, -0.15) is 0 Å². The van der Waals surface area contributed by atoms with Crippen LogP contribution in [0.15, 0.2) is 23.1 Å². The van der Waals surface area contributed by atoms with Gasteiger partial charge >= 0.3 is 0 Å². The van der Waals surface area contributed by atoms with E-state index in [1.165, 1.54) is 0 Å². The van der Waals surface area contributed by atoms with Crippen LogP contribution >= 0.6 is 11.8 Å². The summed E-state index contributed by atoms with van der Waals surface area (Å²) in [5.41, 5.74) is 0. The van der Waals surface area contributed by atoms with Gasteiger partial charge in [0.2, 0.25) is 0 Å². The smallest absolute Gasteiger partial charge is 0.136 e. The van der Waals surface area contributed by atoms with Crippen LogP contribution in [0, 0.1) is 0 Å². The molecule has 0 bridgehead atoms. The SMILES string of the molecule is COc1ccc(SC2CN(C)CCN2)c(OC)c1. The Morgan fingerprint density at radius 2 is 2.17 bits per heavy atom. The Morgan fingerprint density at radius 1 is 1.33 bits per heavy atom. The second-order valence-corrected chi connectivity index (χ2v) is 5.58. The zero-order valence-corrected chi connectivity index (χ0v) is 11.9. The van der Waals surface area contributed by atoms with Gasteiger partial charge in [-0.3, -0.25) is 0 Å². The van der Waals surface area contributed by atoms with Crippen LogP contribution < -0.4 is 14.8 Å². The molecule has 0 amide bonds. The lowest BCUT2D eigenvalue weighted by molar-refractivity contribution is 0.278. The first-order valence-corrected chi connectivity index (χ1v) is 6.91. The van der Waals surface area contributed by atoms with Gasteiger partial charge in [0, 0.05) is 25.7 Å². The van der Waals surface area contributed by atoms with E-state index in [0.717, 1.165) is 36.0 Å². The molecule has 1 heterocycles. The third-order valence-corrected chi connectivity index (χ3v) is 4.17. The molecule has 1 N–H and O–H groups in total. The van der Waals surface area contributed by atoms with Crippen LogP contribution in [0.5, 0.6) is 11.5 Å². The third kappa shape index (κ3) is 3.31. The Bertz CT molecular complexity index is 401. The van der Waals surface area contributed by atoms with Crippen molar-refractivity contribution in [2.24, 2.45) is 0 Å². The monoisotopic (exact) mass is 268 g/mol. The molecule has 4 nitrogen and oxygen atoms in total. The van der Waals surface area contributed by atoms with E-state index in [9.17, 15) is 0 Å². The molecule has 18 heavy (non-hydrogen) atoms. The fourth-order valence-electron chi connectivity index (χ4n) is 1.96. The normalized spacial score (nSPS) is 20.7. The third-order valence-electron chi connectivity index (χ3n) is 2.98. The highest BCUT2D eigenvalue weighted by Crippen LogP contribution is 2.34. The minimum absolute atomic E-state index is 0.408. The first-order valence-electron chi connectivity index (χ1n) is 6.03. The van der Waals surface area contributed by atoms with Crippen molar-refractivity contribution in [3.8, 4) is 11.5 Å². The average Bonchev–Trinajstić information content (AvgIpc) is 2.39. The zero-order chi connectivity index (χ0) is 13.0. The van der Waals surface area contributed by atoms with Gasteiger partial charge in [-0.15, -0.1) is 11.8 Å². The topological polar surface area (TPSA) is 33.7 Å². The fourth-order valence-corrected chi connectivity index (χ4v) is 3.20. The van der Waals surface area contributed by atoms with Crippen molar-refractivity contribution in [2.45, 2.75) is 10.3 Å². The molecule has 1 saturated heterocycles. The molecule has 0 spiro atoms. The van der Waals surface area contributed by atoms with Crippen molar-refractivity contribution in [1.29, 1.82) is 0 Å². The van der Waals surface area contributed by atoms with E-state index in [1.54, 1.807) is 26.0 Å². The van der Waals surface area contributed by atoms with Crippen molar-refractivity contribution < 1.29 is 9.47 Å². The lowest BCUT2D eigenvalue weighted by Gasteiger charge is -2.30. The summed E-state index contributed by atoms with van der Waals surface area (Å²) in [4.78, 5) is 3.48. The Hall–Kier alpha value is -0.910. The summed E-state index contributed by atoms with van der Waals surface area (Å²) in [5.74, 6) is 1.69. The minimum Gasteiger partial charge on any atom is -0.497 e. The molecule has 1 unspecified atom stereocenters.